The topological polar surface area (TPSA) is 74.7 Å². The number of rotatable bonds is 2. The summed E-state index contributed by atoms with van der Waals surface area (Å²) in [5, 5.41) is 11.6. The molecule has 1 aromatic rings. The number of pyridine rings is 1. The first kappa shape index (κ1) is 12.7. The van der Waals surface area contributed by atoms with E-state index in [1.165, 1.54) is 12.8 Å². The predicted octanol–water partition coefficient (Wildman–Crippen LogP) is 1.80. The lowest BCUT2D eigenvalue weighted by atomic mass is 9.95. The molecular weight excluding hydrogens is 228 g/mol. The third kappa shape index (κ3) is 2.55. The number of nitrogens with zero attached hydrogens (tertiary/aromatic N) is 3. The Kier molecular flexibility index (Phi) is 3.69. The van der Waals surface area contributed by atoms with Crippen LogP contribution in [-0.2, 0) is 0 Å². The number of hydrogen-bond acceptors (Lipinski definition) is 4. The molecule has 1 aliphatic rings. The lowest BCUT2D eigenvalue weighted by molar-refractivity contribution is 0.318. The molecule has 0 saturated carbocycles. The molecule has 2 heterocycles. The van der Waals surface area contributed by atoms with Gasteiger partial charge in [-0.15, -0.1) is 0 Å². The van der Waals surface area contributed by atoms with Crippen molar-refractivity contribution in [2.24, 2.45) is 16.8 Å². The molecule has 0 aromatic carbocycles. The van der Waals surface area contributed by atoms with E-state index < -0.39 is 0 Å². The summed E-state index contributed by atoms with van der Waals surface area (Å²) >= 11 is 0. The van der Waals surface area contributed by atoms with E-state index in [0.717, 1.165) is 12.4 Å². The minimum absolute atomic E-state index is 0.0918. The van der Waals surface area contributed by atoms with E-state index in [9.17, 15) is 0 Å². The van der Waals surface area contributed by atoms with Crippen molar-refractivity contribution in [1.29, 1.82) is 0 Å². The Labute approximate surface area is 107 Å². The standard InChI is InChI=1S/C13H20N4O/c1-9-3-4-10(2)17(8-9)12-6-5-11(7-15-12)13(14)16-18/h5-7,9-10,18H,3-4,8H2,1-2H3,(H2,14,16). The monoisotopic (exact) mass is 248 g/mol. The SMILES string of the molecule is CC1CCC(C)N(c2ccc(C(N)=NO)cn2)C1. The van der Waals surface area contributed by atoms with Gasteiger partial charge in [-0.1, -0.05) is 12.1 Å². The van der Waals surface area contributed by atoms with E-state index in [1.54, 1.807) is 6.20 Å². The van der Waals surface area contributed by atoms with E-state index in [0.29, 0.717) is 17.5 Å². The third-order valence-electron chi connectivity index (χ3n) is 3.56. The van der Waals surface area contributed by atoms with Crippen molar-refractivity contribution in [2.75, 3.05) is 11.4 Å². The molecule has 0 bridgehead atoms. The van der Waals surface area contributed by atoms with Crippen molar-refractivity contribution in [2.45, 2.75) is 32.7 Å². The molecule has 2 rings (SSSR count). The van der Waals surface area contributed by atoms with Gasteiger partial charge in [0.25, 0.3) is 0 Å². The minimum Gasteiger partial charge on any atom is -0.409 e. The maximum Gasteiger partial charge on any atom is 0.171 e. The Hall–Kier alpha value is -1.78. The second-order valence-electron chi connectivity index (χ2n) is 5.07. The fourth-order valence-electron chi connectivity index (χ4n) is 2.37. The molecule has 2 atom stereocenters. The molecule has 0 spiro atoms. The van der Waals surface area contributed by atoms with Crippen molar-refractivity contribution in [3.8, 4) is 0 Å². The van der Waals surface area contributed by atoms with Crippen LogP contribution in [0.5, 0.6) is 0 Å². The summed E-state index contributed by atoms with van der Waals surface area (Å²) < 4.78 is 0. The number of hydrogen-bond donors (Lipinski definition) is 2. The fourth-order valence-corrected chi connectivity index (χ4v) is 2.37. The van der Waals surface area contributed by atoms with Crippen molar-refractivity contribution in [3.05, 3.63) is 23.9 Å². The van der Waals surface area contributed by atoms with Gasteiger partial charge in [0.05, 0.1) is 0 Å². The molecule has 1 saturated heterocycles. The smallest absolute Gasteiger partial charge is 0.171 e. The van der Waals surface area contributed by atoms with Crippen molar-refractivity contribution >= 4 is 11.7 Å². The molecule has 98 valence electrons. The highest BCUT2D eigenvalue weighted by Gasteiger charge is 2.23. The lowest BCUT2D eigenvalue weighted by Crippen LogP contribution is -2.41. The normalized spacial score (nSPS) is 25.2. The highest BCUT2D eigenvalue weighted by atomic mass is 16.4. The van der Waals surface area contributed by atoms with Crippen LogP contribution >= 0.6 is 0 Å². The van der Waals surface area contributed by atoms with Crippen molar-refractivity contribution in [1.82, 2.24) is 4.98 Å². The Morgan fingerprint density at radius 3 is 2.83 bits per heavy atom. The summed E-state index contributed by atoms with van der Waals surface area (Å²) in [6.07, 6.45) is 4.13. The maximum absolute atomic E-state index is 8.61. The zero-order chi connectivity index (χ0) is 13.1. The number of aromatic nitrogens is 1. The van der Waals surface area contributed by atoms with Gasteiger partial charge in [-0.25, -0.2) is 4.98 Å². The van der Waals surface area contributed by atoms with Gasteiger partial charge in [0, 0.05) is 24.3 Å². The molecule has 1 aromatic heterocycles. The zero-order valence-corrected chi connectivity index (χ0v) is 10.9. The largest absolute Gasteiger partial charge is 0.409 e. The van der Waals surface area contributed by atoms with E-state index >= 15 is 0 Å². The van der Waals surface area contributed by atoms with Gasteiger partial charge in [0.15, 0.2) is 5.84 Å². The number of amidine groups is 1. The van der Waals surface area contributed by atoms with Gasteiger partial charge in [-0.05, 0) is 37.8 Å². The van der Waals surface area contributed by atoms with E-state index in [2.05, 4.69) is 28.9 Å². The van der Waals surface area contributed by atoms with E-state index in [4.69, 9.17) is 10.9 Å². The maximum atomic E-state index is 8.61. The summed E-state index contributed by atoms with van der Waals surface area (Å²) in [5.41, 5.74) is 6.16. The summed E-state index contributed by atoms with van der Waals surface area (Å²) in [4.78, 5) is 6.73. The summed E-state index contributed by atoms with van der Waals surface area (Å²) in [7, 11) is 0. The third-order valence-corrected chi connectivity index (χ3v) is 3.56. The van der Waals surface area contributed by atoms with Gasteiger partial charge < -0.3 is 15.8 Å². The number of oxime groups is 1. The number of nitrogens with two attached hydrogens (primary N) is 1. The van der Waals surface area contributed by atoms with Crippen LogP contribution in [-0.4, -0.2) is 28.6 Å². The van der Waals surface area contributed by atoms with Crippen molar-refractivity contribution < 1.29 is 5.21 Å². The van der Waals surface area contributed by atoms with Crippen LogP contribution < -0.4 is 10.6 Å². The first-order valence-electron chi connectivity index (χ1n) is 6.32. The van der Waals surface area contributed by atoms with Crippen LogP contribution in [0.15, 0.2) is 23.5 Å². The Bertz CT molecular complexity index is 429. The Morgan fingerprint density at radius 2 is 2.22 bits per heavy atom. The molecule has 1 aliphatic heterocycles. The minimum atomic E-state index is 0.0918. The quantitative estimate of drug-likeness (QED) is 0.362. The van der Waals surface area contributed by atoms with Gasteiger partial charge >= 0.3 is 0 Å². The Balaban J connectivity index is 2.18. The van der Waals surface area contributed by atoms with E-state index in [-0.39, 0.29) is 5.84 Å². The highest BCUT2D eigenvalue weighted by molar-refractivity contribution is 5.96. The van der Waals surface area contributed by atoms with Crippen LogP contribution in [0.2, 0.25) is 0 Å². The zero-order valence-electron chi connectivity index (χ0n) is 10.9. The predicted molar refractivity (Wildman–Crippen MR) is 72.0 cm³/mol. The molecular formula is C13H20N4O. The first-order valence-corrected chi connectivity index (χ1v) is 6.32. The average Bonchev–Trinajstić information content (AvgIpc) is 2.41. The molecule has 5 nitrogen and oxygen atoms in total. The second kappa shape index (κ2) is 5.25. The Morgan fingerprint density at radius 1 is 1.44 bits per heavy atom. The van der Waals surface area contributed by atoms with Gasteiger partial charge in [0.1, 0.15) is 5.82 Å². The fraction of sp³-hybridized carbons (Fsp3) is 0.538. The summed E-state index contributed by atoms with van der Waals surface area (Å²) in [5.74, 6) is 1.75. The van der Waals surface area contributed by atoms with Crippen LogP contribution in [0.1, 0.15) is 32.3 Å². The van der Waals surface area contributed by atoms with Crippen LogP contribution in [0.4, 0.5) is 5.82 Å². The second-order valence-corrected chi connectivity index (χ2v) is 5.07. The van der Waals surface area contributed by atoms with Gasteiger partial charge in [-0.3, -0.25) is 0 Å². The van der Waals surface area contributed by atoms with Crippen molar-refractivity contribution in [3.63, 3.8) is 0 Å². The number of piperidine rings is 1. The molecule has 0 amide bonds. The number of anilines is 1. The molecule has 1 fully saturated rings. The van der Waals surface area contributed by atoms with Crippen LogP contribution in [0.3, 0.4) is 0 Å². The molecule has 18 heavy (non-hydrogen) atoms. The van der Waals surface area contributed by atoms with E-state index in [1.807, 2.05) is 12.1 Å². The molecule has 3 N–H and O–H groups in total. The average molecular weight is 248 g/mol. The first-order chi connectivity index (χ1) is 8.61. The van der Waals surface area contributed by atoms with Gasteiger partial charge in [0.2, 0.25) is 0 Å². The molecule has 0 radical (unpaired) electrons. The highest BCUT2D eigenvalue weighted by Crippen LogP contribution is 2.25. The lowest BCUT2D eigenvalue weighted by Gasteiger charge is -2.37. The van der Waals surface area contributed by atoms with Gasteiger partial charge in [-0.2, -0.15) is 0 Å². The van der Waals surface area contributed by atoms with Crippen LogP contribution in [0, 0.1) is 5.92 Å². The van der Waals surface area contributed by atoms with Crippen LogP contribution in [0.25, 0.3) is 0 Å². The summed E-state index contributed by atoms with van der Waals surface area (Å²) in [6, 6.07) is 4.29. The molecule has 0 aliphatic carbocycles. The molecule has 5 heteroatoms. The summed E-state index contributed by atoms with van der Waals surface area (Å²) in [6.45, 7) is 5.53. The molecule has 2 unspecified atom stereocenters.